The van der Waals surface area contributed by atoms with Gasteiger partial charge >= 0.3 is 0 Å². The number of rotatable bonds is 4. The number of nitrogens with one attached hydrogen (secondary N) is 1. The SMILES string of the molecule is O=C(N[C@H]1CN(Cc2cccs2)[C@@H]2CCCO[C@H]12)c1ccno1. The smallest absolute Gasteiger partial charge is 0.290 e. The molecular formula is C16H19N3O3S. The van der Waals surface area contributed by atoms with Crippen molar-refractivity contribution in [3.05, 3.63) is 40.4 Å². The van der Waals surface area contributed by atoms with Gasteiger partial charge in [-0.15, -0.1) is 11.3 Å². The molecule has 0 saturated carbocycles. The van der Waals surface area contributed by atoms with Crippen molar-refractivity contribution in [2.24, 2.45) is 0 Å². The van der Waals surface area contributed by atoms with E-state index in [0.717, 1.165) is 32.5 Å². The molecule has 2 aliphatic heterocycles. The number of likely N-dealkylation sites (tertiary alicyclic amines) is 1. The highest BCUT2D eigenvalue weighted by atomic mass is 32.1. The van der Waals surface area contributed by atoms with Crippen molar-refractivity contribution < 1.29 is 14.1 Å². The van der Waals surface area contributed by atoms with Crippen LogP contribution in [0.3, 0.4) is 0 Å². The zero-order valence-corrected chi connectivity index (χ0v) is 13.5. The van der Waals surface area contributed by atoms with Crippen molar-refractivity contribution in [3.8, 4) is 0 Å². The van der Waals surface area contributed by atoms with Gasteiger partial charge in [-0.25, -0.2) is 0 Å². The number of hydrogen-bond donors (Lipinski definition) is 1. The highest BCUT2D eigenvalue weighted by Gasteiger charge is 2.44. The predicted octanol–water partition coefficient (Wildman–Crippen LogP) is 1.90. The molecule has 2 aliphatic rings. The maximum Gasteiger partial charge on any atom is 0.290 e. The Kier molecular flexibility index (Phi) is 4.15. The van der Waals surface area contributed by atoms with Gasteiger partial charge in [-0.1, -0.05) is 11.2 Å². The van der Waals surface area contributed by atoms with Crippen molar-refractivity contribution in [1.29, 1.82) is 0 Å². The Morgan fingerprint density at radius 3 is 3.22 bits per heavy atom. The lowest BCUT2D eigenvalue weighted by molar-refractivity contribution is -0.0211. The topological polar surface area (TPSA) is 67.6 Å². The van der Waals surface area contributed by atoms with Gasteiger partial charge in [0.15, 0.2) is 0 Å². The second kappa shape index (κ2) is 6.43. The van der Waals surface area contributed by atoms with Gasteiger partial charge in [0.2, 0.25) is 5.76 Å². The number of nitrogens with zero attached hydrogens (tertiary/aromatic N) is 2. The van der Waals surface area contributed by atoms with Gasteiger partial charge in [0.05, 0.1) is 18.3 Å². The molecule has 2 saturated heterocycles. The molecule has 0 aliphatic carbocycles. The van der Waals surface area contributed by atoms with Crippen LogP contribution in [-0.4, -0.2) is 47.3 Å². The van der Waals surface area contributed by atoms with Crippen LogP contribution in [-0.2, 0) is 11.3 Å². The first-order valence-corrected chi connectivity index (χ1v) is 8.79. The third kappa shape index (κ3) is 3.04. The molecule has 2 fully saturated rings. The van der Waals surface area contributed by atoms with Crippen LogP contribution < -0.4 is 5.32 Å². The molecule has 3 atom stereocenters. The Bertz CT molecular complexity index is 644. The molecular weight excluding hydrogens is 314 g/mol. The first-order valence-electron chi connectivity index (χ1n) is 7.91. The molecule has 2 aromatic rings. The quantitative estimate of drug-likeness (QED) is 0.925. The van der Waals surface area contributed by atoms with Gasteiger partial charge in [0.1, 0.15) is 0 Å². The Labute approximate surface area is 138 Å². The van der Waals surface area contributed by atoms with Crippen LogP contribution in [0.4, 0.5) is 0 Å². The van der Waals surface area contributed by atoms with Gasteiger partial charge in [-0.2, -0.15) is 0 Å². The zero-order valence-electron chi connectivity index (χ0n) is 12.7. The molecule has 2 aromatic heterocycles. The number of carbonyl (C=O) groups excluding carboxylic acids is 1. The molecule has 6 nitrogen and oxygen atoms in total. The third-order valence-electron chi connectivity index (χ3n) is 4.55. The Morgan fingerprint density at radius 1 is 1.48 bits per heavy atom. The van der Waals surface area contributed by atoms with Gasteiger partial charge in [-0.05, 0) is 24.3 Å². The minimum atomic E-state index is -0.224. The first kappa shape index (κ1) is 14.9. The predicted molar refractivity (Wildman–Crippen MR) is 85.2 cm³/mol. The summed E-state index contributed by atoms with van der Waals surface area (Å²) in [5.41, 5.74) is 0. The summed E-state index contributed by atoms with van der Waals surface area (Å²) in [5.74, 6) is 0.0208. The minimum absolute atomic E-state index is 0.0159. The molecule has 0 bridgehead atoms. The van der Waals surface area contributed by atoms with E-state index in [9.17, 15) is 4.79 Å². The molecule has 7 heteroatoms. The molecule has 0 radical (unpaired) electrons. The maximum absolute atomic E-state index is 12.2. The van der Waals surface area contributed by atoms with Crippen molar-refractivity contribution in [3.63, 3.8) is 0 Å². The molecule has 0 unspecified atom stereocenters. The number of carbonyl (C=O) groups is 1. The summed E-state index contributed by atoms with van der Waals surface area (Å²) in [6, 6.07) is 6.16. The second-order valence-electron chi connectivity index (χ2n) is 6.01. The van der Waals surface area contributed by atoms with E-state index in [0.29, 0.717) is 6.04 Å². The highest BCUT2D eigenvalue weighted by Crippen LogP contribution is 2.31. The zero-order chi connectivity index (χ0) is 15.6. The fourth-order valence-electron chi connectivity index (χ4n) is 3.54. The Hall–Kier alpha value is -1.70. The molecule has 23 heavy (non-hydrogen) atoms. The van der Waals surface area contributed by atoms with Gasteiger partial charge < -0.3 is 14.6 Å². The van der Waals surface area contributed by atoms with E-state index in [1.807, 2.05) is 0 Å². The number of hydrogen-bond acceptors (Lipinski definition) is 6. The number of fused-ring (bicyclic) bond motifs is 1. The third-order valence-corrected chi connectivity index (χ3v) is 5.41. The van der Waals surface area contributed by atoms with E-state index in [2.05, 4.69) is 32.9 Å². The number of amides is 1. The lowest BCUT2D eigenvalue weighted by Gasteiger charge is -2.32. The van der Waals surface area contributed by atoms with E-state index in [1.165, 1.54) is 11.1 Å². The maximum atomic E-state index is 12.2. The van der Waals surface area contributed by atoms with Crippen molar-refractivity contribution >= 4 is 17.2 Å². The van der Waals surface area contributed by atoms with E-state index < -0.39 is 0 Å². The fraction of sp³-hybridized carbons (Fsp3) is 0.500. The highest BCUT2D eigenvalue weighted by molar-refractivity contribution is 7.09. The van der Waals surface area contributed by atoms with Crippen LogP contribution in [0.5, 0.6) is 0 Å². The number of thiophene rings is 1. The Balaban J connectivity index is 1.47. The molecule has 4 rings (SSSR count). The van der Waals surface area contributed by atoms with E-state index in [4.69, 9.17) is 9.26 Å². The first-order chi connectivity index (χ1) is 11.3. The van der Waals surface area contributed by atoms with E-state index in [-0.39, 0.29) is 23.8 Å². The minimum Gasteiger partial charge on any atom is -0.374 e. The Morgan fingerprint density at radius 2 is 2.43 bits per heavy atom. The van der Waals surface area contributed by atoms with Gasteiger partial charge in [0, 0.05) is 36.7 Å². The van der Waals surface area contributed by atoms with Gasteiger partial charge in [0.25, 0.3) is 5.91 Å². The molecule has 1 amide bonds. The molecule has 4 heterocycles. The molecule has 0 aromatic carbocycles. The van der Waals surface area contributed by atoms with Gasteiger partial charge in [-0.3, -0.25) is 9.69 Å². The summed E-state index contributed by atoms with van der Waals surface area (Å²) in [7, 11) is 0. The van der Waals surface area contributed by atoms with Crippen molar-refractivity contribution in [2.75, 3.05) is 13.2 Å². The largest absolute Gasteiger partial charge is 0.374 e. The van der Waals surface area contributed by atoms with Crippen LogP contribution in [0.1, 0.15) is 28.3 Å². The molecule has 122 valence electrons. The monoisotopic (exact) mass is 333 g/mol. The van der Waals surface area contributed by atoms with Crippen molar-refractivity contribution in [2.45, 2.75) is 37.6 Å². The molecule has 1 N–H and O–H groups in total. The van der Waals surface area contributed by atoms with Crippen LogP contribution in [0.15, 0.2) is 34.3 Å². The van der Waals surface area contributed by atoms with Crippen LogP contribution in [0, 0.1) is 0 Å². The average molecular weight is 333 g/mol. The summed E-state index contributed by atoms with van der Waals surface area (Å²) >= 11 is 1.77. The standard InChI is InChI=1S/C16H19N3O3S/c20-16(14-5-6-17-22-14)18-12-10-19(9-11-3-2-8-23-11)13-4-1-7-21-15(12)13/h2-3,5-6,8,12-13,15H,1,4,7,9-10H2,(H,18,20)/t12-,13+,15+/m0/s1. The summed E-state index contributed by atoms with van der Waals surface area (Å²) in [6.45, 7) is 2.48. The molecule has 0 spiro atoms. The van der Waals surface area contributed by atoms with Crippen LogP contribution >= 0.6 is 11.3 Å². The summed E-state index contributed by atoms with van der Waals surface area (Å²) in [5, 5.41) is 8.74. The van der Waals surface area contributed by atoms with E-state index in [1.54, 1.807) is 17.4 Å². The fourth-order valence-corrected chi connectivity index (χ4v) is 4.27. The second-order valence-corrected chi connectivity index (χ2v) is 7.04. The average Bonchev–Trinajstić information content (AvgIpc) is 3.30. The van der Waals surface area contributed by atoms with Crippen LogP contribution in [0.2, 0.25) is 0 Å². The van der Waals surface area contributed by atoms with Crippen LogP contribution in [0.25, 0.3) is 0 Å². The number of ether oxygens (including phenoxy) is 1. The summed E-state index contributed by atoms with van der Waals surface area (Å²) < 4.78 is 10.9. The normalized spacial score (nSPS) is 27.7. The lowest BCUT2D eigenvalue weighted by atomic mass is 10.0. The summed E-state index contributed by atoms with van der Waals surface area (Å²) in [4.78, 5) is 16.0. The lowest BCUT2D eigenvalue weighted by Crippen LogP contribution is -2.47. The number of aromatic nitrogens is 1. The summed E-state index contributed by atoms with van der Waals surface area (Å²) in [6.07, 6.45) is 3.72. The van der Waals surface area contributed by atoms with E-state index >= 15 is 0 Å². The van der Waals surface area contributed by atoms with Crippen molar-refractivity contribution in [1.82, 2.24) is 15.4 Å².